The van der Waals surface area contributed by atoms with Crippen molar-refractivity contribution in [2.45, 2.75) is 13.0 Å². The molecule has 0 saturated heterocycles. The second-order valence-electron chi connectivity index (χ2n) is 2.82. The lowest BCUT2D eigenvalue weighted by molar-refractivity contribution is -0.0517. The van der Waals surface area contributed by atoms with Gasteiger partial charge in [0.1, 0.15) is 0 Å². The van der Waals surface area contributed by atoms with Gasteiger partial charge in [-0.1, -0.05) is 0 Å². The third kappa shape index (κ3) is 3.07. The SMILES string of the molecule is COc1cc(CC#N)cc(Br)c1OC(F)F. The van der Waals surface area contributed by atoms with Crippen molar-refractivity contribution in [2.75, 3.05) is 7.11 Å². The largest absolute Gasteiger partial charge is 0.493 e. The third-order valence-electron chi connectivity index (χ3n) is 1.78. The molecular weight excluding hydrogens is 284 g/mol. The van der Waals surface area contributed by atoms with Crippen LogP contribution in [-0.4, -0.2) is 13.7 Å². The first-order valence-electron chi connectivity index (χ1n) is 4.26. The number of ether oxygens (including phenoxy) is 2. The van der Waals surface area contributed by atoms with Gasteiger partial charge in [0, 0.05) is 0 Å². The topological polar surface area (TPSA) is 42.2 Å². The highest BCUT2D eigenvalue weighted by molar-refractivity contribution is 9.10. The van der Waals surface area contributed by atoms with Gasteiger partial charge in [0.25, 0.3) is 0 Å². The highest BCUT2D eigenvalue weighted by Gasteiger charge is 2.15. The molecule has 0 spiro atoms. The lowest BCUT2D eigenvalue weighted by Gasteiger charge is -2.12. The number of methoxy groups -OCH3 is 1. The molecular formula is C10H8BrF2NO2. The zero-order chi connectivity index (χ0) is 12.1. The Balaban J connectivity index is 3.13. The number of hydrogen-bond acceptors (Lipinski definition) is 3. The molecule has 0 radical (unpaired) electrons. The van der Waals surface area contributed by atoms with E-state index in [1.807, 2.05) is 6.07 Å². The predicted molar refractivity (Wildman–Crippen MR) is 56.6 cm³/mol. The summed E-state index contributed by atoms with van der Waals surface area (Å²) in [5.41, 5.74) is 0.660. The number of rotatable bonds is 4. The van der Waals surface area contributed by atoms with Gasteiger partial charge in [0.2, 0.25) is 0 Å². The van der Waals surface area contributed by atoms with Crippen molar-refractivity contribution in [3.8, 4) is 17.6 Å². The fraction of sp³-hybridized carbons (Fsp3) is 0.300. The van der Waals surface area contributed by atoms with Crippen molar-refractivity contribution in [3.05, 3.63) is 22.2 Å². The Morgan fingerprint density at radius 2 is 2.19 bits per heavy atom. The molecule has 0 atom stereocenters. The summed E-state index contributed by atoms with van der Waals surface area (Å²) < 4.78 is 33.8. The van der Waals surface area contributed by atoms with Gasteiger partial charge in [-0.2, -0.15) is 14.0 Å². The Labute approximate surface area is 99.7 Å². The molecule has 3 nitrogen and oxygen atoms in total. The van der Waals surface area contributed by atoms with Crippen LogP contribution in [0.1, 0.15) is 5.56 Å². The molecule has 1 rings (SSSR count). The minimum absolute atomic E-state index is 0.0702. The number of nitriles is 1. The van der Waals surface area contributed by atoms with Gasteiger partial charge in [0.05, 0.1) is 24.1 Å². The first-order chi connectivity index (χ1) is 7.58. The van der Waals surface area contributed by atoms with E-state index in [0.717, 1.165) is 0 Å². The minimum Gasteiger partial charge on any atom is -0.493 e. The smallest absolute Gasteiger partial charge is 0.387 e. The van der Waals surface area contributed by atoms with Crippen molar-refractivity contribution < 1.29 is 18.3 Å². The quantitative estimate of drug-likeness (QED) is 0.856. The summed E-state index contributed by atoms with van der Waals surface area (Å²) in [5.74, 6) is 0.0964. The summed E-state index contributed by atoms with van der Waals surface area (Å²) in [6, 6.07) is 4.99. The molecule has 86 valence electrons. The zero-order valence-corrected chi connectivity index (χ0v) is 9.92. The van der Waals surface area contributed by atoms with Crippen molar-refractivity contribution in [3.63, 3.8) is 0 Å². The average Bonchev–Trinajstić information content (AvgIpc) is 2.21. The van der Waals surface area contributed by atoms with Crippen LogP contribution in [0.15, 0.2) is 16.6 Å². The molecule has 0 heterocycles. The van der Waals surface area contributed by atoms with E-state index in [1.54, 1.807) is 6.07 Å². The fourth-order valence-corrected chi connectivity index (χ4v) is 1.75. The van der Waals surface area contributed by atoms with Crippen molar-refractivity contribution >= 4 is 15.9 Å². The molecule has 0 unspecified atom stereocenters. The lowest BCUT2D eigenvalue weighted by atomic mass is 10.1. The predicted octanol–water partition coefficient (Wildman–Crippen LogP) is 3.13. The van der Waals surface area contributed by atoms with E-state index in [2.05, 4.69) is 20.7 Å². The monoisotopic (exact) mass is 291 g/mol. The molecule has 0 aromatic heterocycles. The third-order valence-corrected chi connectivity index (χ3v) is 2.37. The summed E-state index contributed by atoms with van der Waals surface area (Å²) in [5, 5.41) is 8.53. The van der Waals surface area contributed by atoms with Crippen LogP contribution in [0.2, 0.25) is 0 Å². The number of hydrogen-bond donors (Lipinski definition) is 0. The molecule has 0 fully saturated rings. The molecule has 0 aliphatic carbocycles. The van der Waals surface area contributed by atoms with Crippen LogP contribution in [0, 0.1) is 11.3 Å². The van der Waals surface area contributed by atoms with Crippen LogP contribution in [0.5, 0.6) is 11.5 Å². The van der Waals surface area contributed by atoms with Gasteiger partial charge in [-0.05, 0) is 33.6 Å². The molecule has 0 amide bonds. The zero-order valence-electron chi connectivity index (χ0n) is 8.34. The van der Waals surface area contributed by atoms with Gasteiger partial charge in [-0.15, -0.1) is 0 Å². The molecule has 0 aliphatic rings. The lowest BCUT2D eigenvalue weighted by Crippen LogP contribution is -2.04. The maximum atomic E-state index is 12.1. The summed E-state index contributed by atoms with van der Waals surface area (Å²) in [6.45, 7) is -2.92. The van der Waals surface area contributed by atoms with Crippen LogP contribution < -0.4 is 9.47 Å². The number of nitrogens with zero attached hydrogens (tertiary/aromatic N) is 1. The second-order valence-corrected chi connectivity index (χ2v) is 3.68. The summed E-state index contributed by atoms with van der Waals surface area (Å²) in [7, 11) is 1.34. The first-order valence-corrected chi connectivity index (χ1v) is 5.06. The van der Waals surface area contributed by atoms with Gasteiger partial charge in [-0.3, -0.25) is 0 Å². The average molecular weight is 292 g/mol. The van der Waals surface area contributed by atoms with Crippen molar-refractivity contribution in [1.29, 1.82) is 5.26 Å². The van der Waals surface area contributed by atoms with E-state index in [1.165, 1.54) is 13.2 Å². The van der Waals surface area contributed by atoms with Crippen LogP contribution in [0.3, 0.4) is 0 Å². The van der Waals surface area contributed by atoms with E-state index < -0.39 is 6.61 Å². The van der Waals surface area contributed by atoms with Crippen LogP contribution in [0.25, 0.3) is 0 Å². The molecule has 0 aliphatic heterocycles. The molecule has 0 N–H and O–H groups in total. The van der Waals surface area contributed by atoms with Gasteiger partial charge < -0.3 is 9.47 Å². The molecule has 16 heavy (non-hydrogen) atoms. The van der Waals surface area contributed by atoms with Crippen molar-refractivity contribution in [1.82, 2.24) is 0 Å². The Morgan fingerprint density at radius 1 is 1.50 bits per heavy atom. The highest BCUT2D eigenvalue weighted by atomic mass is 79.9. The molecule has 0 saturated carbocycles. The number of alkyl halides is 2. The van der Waals surface area contributed by atoms with Gasteiger partial charge >= 0.3 is 6.61 Å². The maximum Gasteiger partial charge on any atom is 0.387 e. The Kier molecular flexibility index (Phi) is 4.50. The maximum absolute atomic E-state index is 12.1. The standard InChI is InChI=1S/C10H8BrF2NO2/c1-15-8-5-6(2-3-14)4-7(11)9(8)16-10(12)13/h4-5,10H,2H2,1H3. The van der Waals surface area contributed by atoms with Gasteiger partial charge in [-0.25, -0.2) is 0 Å². The summed E-state index contributed by atoms with van der Waals surface area (Å²) in [6.07, 6.45) is 0.171. The summed E-state index contributed by atoms with van der Waals surface area (Å²) in [4.78, 5) is 0. The number of benzene rings is 1. The Morgan fingerprint density at radius 3 is 2.69 bits per heavy atom. The van der Waals surface area contributed by atoms with Gasteiger partial charge in [0.15, 0.2) is 11.5 Å². The van der Waals surface area contributed by atoms with Crippen LogP contribution >= 0.6 is 15.9 Å². The fourth-order valence-electron chi connectivity index (χ4n) is 1.17. The Bertz CT molecular complexity index is 418. The normalized spacial score (nSPS) is 10.0. The molecule has 1 aromatic carbocycles. The van der Waals surface area contributed by atoms with E-state index in [9.17, 15) is 8.78 Å². The Hall–Kier alpha value is -1.35. The molecule has 1 aromatic rings. The van der Waals surface area contributed by atoms with Crippen LogP contribution in [-0.2, 0) is 6.42 Å². The highest BCUT2D eigenvalue weighted by Crippen LogP contribution is 2.37. The van der Waals surface area contributed by atoms with Crippen molar-refractivity contribution in [2.24, 2.45) is 0 Å². The van der Waals surface area contributed by atoms with E-state index in [4.69, 9.17) is 10.00 Å². The molecule has 0 bridgehead atoms. The molecule has 6 heteroatoms. The van der Waals surface area contributed by atoms with E-state index in [0.29, 0.717) is 10.0 Å². The minimum atomic E-state index is -2.92. The van der Waals surface area contributed by atoms with E-state index in [-0.39, 0.29) is 17.9 Å². The number of halogens is 3. The van der Waals surface area contributed by atoms with Crippen LogP contribution in [0.4, 0.5) is 8.78 Å². The summed E-state index contributed by atoms with van der Waals surface area (Å²) >= 11 is 3.09. The second kappa shape index (κ2) is 5.66. The first kappa shape index (κ1) is 12.7. The van der Waals surface area contributed by atoms with E-state index >= 15 is 0 Å².